The van der Waals surface area contributed by atoms with Crippen LogP contribution in [0.1, 0.15) is 24.3 Å². The first-order valence-electron chi connectivity index (χ1n) is 7.99. The van der Waals surface area contributed by atoms with Crippen molar-refractivity contribution < 1.29 is 14.3 Å². The highest BCUT2D eigenvalue weighted by molar-refractivity contribution is 7.18. The van der Waals surface area contributed by atoms with Gasteiger partial charge in [-0.15, -0.1) is 11.3 Å². The zero-order valence-electron chi connectivity index (χ0n) is 14.4. The minimum Gasteiger partial charge on any atom is -0.383 e. The number of nitrogens with zero attached hydrogens (tertiary/aromatic N) is 1. The van der Waals surface area contributed by atoms with E-state index in [-0.39, 0.29) is 12.1 Å². The molecule has 3 heterocycles. The van der Waals surface area contributed by atoms with E-state index in [1.54, 1.807) is 0 Å². The SMILES string of the molecule is COCCNC(=O)Cn1c(=O)[nH]c2sc3c(c2c1=O)CC(C)(C)OC3. The standard InChI is InChI=1S/C16H21N3O5S/c1-16(2)6-9-10(8-24-16)25-13-12(9)14(21)19(15(22)18-13)7-11(20)17-4-5-23-3/h4-8H2,1-3H3,(H,17,20)(H,18,22). The van der Waals surface area contributed by atoms with Crippen molar-refractivity contribution in [1.29, 1.82) is 0 Å². The quantitative estimate of drug-likeness (QED) is 0.743. The summed E-state index contributed by atoms with van der Waals surface area (Å²) in [6.45, 7) is 4.71. The Morgan fingerprint density at radius 3 is 2.92 bits per heavy atom. The summed E-state index contributed by atoms with van der Waals surface area (Å²) in [6.07, 6.45) is 0.587. The molecule has 0 atom stereocenters. The second-order valence-corrected chi connectivity index (χ2v) is 7.70. The summed E-state index contributed by atoms with van der Waals surface area (Å²) in [6, 6.07) is 0. The van der Waals surface area contributed by atoms with Crippen LogP contribution in [0.4, 0.5) is 0 Å². The van der Waals surface area contributed by atoms with Crippen molar-refractivity contribution in [3.05, 3.63) is 31.3 Å². The maximum absolute atomic E-state index is 12.9. The van der Waals surface area contributed by atoms with Gasteiger partial charge >= 0.3 is 5.69 Å². The molecule has 0 fully saturated rings. The van der Waals surface area contributed by atoms with E-state index in [2.05, 4.69) is 10.3 Å². The Labute approximate surface area is 147 Å². The molecule has 0 unspecified atom stereocenters. The molecule has 136 valence electrons. The Balaban J connectivity index is 1.99. The number of thiophene rings is 1. The molecular weight excluding hydrogens is 346 g/mol. The van der Waals surface area contributed by atoms with Crippen molar-refractivity contribution in [2.75, 3.05) is 20.3 Å². The van der Waals surface area contributed by atoms with Gasteiger partial charge in [0.25, 0.3) is 5.56 Å². The van der Waals surface area contributed by atoms with Crippen molar-refractivity contribution in [2.45, 2.75) is 39.0 Å². The summed E-state index contributed by atoms with van der Waals surface area (Å²) in [5, 5.41) is 3.10. The molecule has 0 saturated carbocycles. The van der Waals surface area contributed by atoms with Gasteiger partial charge in [0, 0.05) is 25.0 Å². The van der Waals surface area contributed by atoms with Gasteiger partial charge in [0.2, 0.25) is 5.91 Å². The summed E-state index contributed by atoms with van der Waals surface area (Å²) in [4.78, 5) is 41.3. The van der Waals surface area contributed by atoms with Crippen LogP contribution in [0, 0.1) is 0 Å². The first kappa shape index (κ1) is 17.8. The summed E-state index contributed by atoms with van der Waals surface area (Å²) in [5.41, 5.74) is -0.480. The molecule has 3 rings (SSSR count). The topological polar surface area (TPSA) is 102 Å². The van der Waals surface area contributed by atoms with E-state index in [4.69, 9.17) is 9.47 Å². The van der Waals surface area contributed by atoms with E-state index >= 15 is 0 Å². The Hall–Kier alpha value is -1.97. The van der Waals surface area contributed by atoms with Gasteiger partial charge < -0.3 is 14.8 Å². The molecule has 2 N–H and O–H groups in total. The van der Waals surface area contributed by atoms with E-state index in [1.165, 1.54) is 18.4 Å². The molecule has 0 radical (unpaired) electrons. The molecule has 0 saturated heterocycles. The maximum atomic E-state index is 12.9. The van der Waals surface area contributed by atoms with E-state index in [9.17, 15) is 14.4 Å². The Morgan fingerprint density at radius 2 is 2.20 bits per heavy atom. The third-order valence-electron chi connectivity index (χ3n) is 4.14. The number of methoxy groups -OCH3 is 1. The van der Waals surface area contributed by atoms with Crippen LogP contribution >= 0.6 is 11.3 Å². The zero-order chi connectivity index (χ0) is 18.2. The van der Waals surface area contributed by atoms with Crippen LogP contribution < -0.4 is 16.6 Å². The number of rotatable bonds is 5. The first-order chi connectivity index (χ1) is 11.8. The first-order valence-corrected chi connectivity index (χ1v) is 8.81. The van der Waals surface area contributed by atoms with Crippen LogP contribution in [0.2, 0.25) is 0 Å². The van der Waals surface area contributed by atoms with Crippen LogP contribution in [-0.2, 0) is 33.8 Å². The van der Waals surface area contributed by atoms with Crippen LogP contribution in [0.3, 0.4) is 0 Å². The Kier molecular flexibility index (Phi) is 4.81. The van der Waals surface area contributed by atoms with Crippen molar-refractivity contribution in [3.63, 3.8) is 0 Å². The number of nitrogens with one attached hydrogen (secondary N) is 2. The van der Waals surface area contributed by atoms with E-state index < -0.39 is 17.2 Å². The lowest BCUT2D eigenvalue weighted by Gasteiger charge is -2.29. The van der Waals surface area contributed by atoms with E-state index in [0.29, 0.717) is 36.4 Å². The molecular formula is C16H21N3O5S. The molecule has 1 aliphatic heterocycles. The number of amides is 1. The number of fused-ring (bicyclic) bond motifs is 3. The normalized spacial score (nSPS) is 16.0. The second kappa shape index (κ2) is 6.74. The molecule has 2 aromatic rings. The molecule has 0 aromatic carbocycles. The fraction of sp³-hybridized carbons (Fsp3) is 0.562. The van der Waals surface area contributed by atoms with Gasteiger partial charge in [0.15, 0.2) is 0 Å². The number of H-pyrrole nitrogens is 1. The van der Waals surface area contributed by atoms with Gasteiger partial charge in [-0.05, 0) is 19.4 Å². The second-order valence-electron chi connectivity index (χ2n) is 6.60. The summed E-state index contributed by atoms with van der Waals surface area (Å²) in [7, 11) is 1.53. The highest BCUT2D eigenvalue weighted by atomic mass is 32.1. The molecule has 9 heteroatoms. The van der Waals surface area contributed by atoms with E-state index in [0.717, 1.165) is 15.0 Å². The number of hydrogen-bond acceptors (Lipinski definition) is 6. The van der Waals surface area contributed by atoms with Crippen LogP contribution in [-0.4, -0.2) is 41.3 Å². The number of aromatic nitrogens is 2. The minimum atomic E-state index is -0.585. The van der Waals surface area contributed by atoms with Gasteiger partial charge in [-0.1, -0.05) is 0 Å². The highest BCUT2D eigenvalue weighted by Gasteiger charge is 2.31. The fourth-order valence-electron chi connectivity index (χ4n) is 2.90. The molecule has 1 aliphatic rings. The number of carbonyl (C=O) groups excluding carboxylic acids is 1. The summed E-state index contributed by atoms with van der Waals surface area (Å²) in [5.74, 6) is -0.406. The van der Waals surface area contributed by atoms with Crippen molar-refractivity contribution >= 4 is 27.5 Å². The average Bonchev–Trinajstić information content (AvgIpc) is 2.87. The lowest BCUT2D eigenvalue weighted by Crippen LogP contribution is -2.41. The highest BCUT2D eigenvalue weighted by Crippen LogP contribution is 2.36. The number of hydrogen-bond donors (Lipinski definition) is 2. The lowest BCUT2D eigenvalue weighted by molar-refractivity contribution is -0.121. The summed E-state index contributed by atoms with van der Waals surface area (Å²) >= 11 is 1.36. The molecule has 8 nitrogen and oxygen atoms in total. The zero-order valence-corrected chi connectivity index (χ0v) is 15.2. The molecule has 0 aliphatic carbocycles. The largest absolute Gasteiger partial charge is 0.383 e. The van der Waals surface area contributed by atoms with Gasteiger partial charge in [0.05, 0.1) is 24.2 Å². The molecule has 1 amide bonds. The van der Waals surface area contributed by atoms with Gasteiger partial charge in [0.1, 0.15) is 11.4 Å². The smallest absolute Gasteiger partial charge is 0.329 e. The van der Waals surface area contributed by atoms with Gasteiger partial charge in [-0.25, -0.2) is 4.79 Å². The van der Waals surface area contributed by atoms with Gasteiger partial charge in [-0.2, -0.15) is 0 Å². The Morgan fingerprint density at radius 1 is 1.44 bits per heavy atom. The predicted octanol–water partition coefficient (Wildman–Crippen LogP) is 0.365. The molecule has 25 heavy (non-hydrogen) atoms. The average molecular weight is 367 g/mol. The van der Waals surface area contributed by atoms with Crippen molar-refractivity contribution in [1.82, 2.24) is 14.9 Å². The predicted molar refractivity (Wildman–Crippen MR) is 94.2 cm³/mol. The maximum Gasteiger partial charge on any atom is 0.329 e. The molecule has 0 bridgehead atoms. The van der Waals surface area contributed by atoms with Gasteiger partial charge in [-0.3, -0.25) is 19.1 Å². The van der Waals surface area contributed by atoms with Crippen LogP contribution in [0.5, 0.6) is 0 Å². The Bertz CT molecular complexity index is 924. The molecule has 0 spiro atoms. The van der Waals surface area contributed by atoms with Crippen LogP contribution in [0.25, 0.3) is 10.2 Å². The third-order valence-corrected chi connectivity index (χ3v) is 5.26. The minimum absolute atomic E-state index is 0.321. The van der Waals surface area contributed by atoms with E-state index in [1.807, 2.05) is 13.8 Å². The fourth-order valence-corrected chi connectivity index (χ4v) is 4.01. The molecule has 2 aromatic heterocycles. The number of ether oxygens (including phenoxy) is 2. The monoisotopic (exact) mass is 367 g/mol. The lowest BCUT2D eigenvalue weighted by atomic mass is 9.94. The van der Waals surface area contributed by atoms with Crippen LogP contribution in [0.15, 0.2) is 9.59 Å². The number of carbonyl (C=O) groups is 1. The third kappa shape index (κ3) is 3.53. The van der Waals surface area contributed by atoms with Crippen molar-refractivity contribution in [2.24, 2.45) is 0 Å². The number of aromatic amines is 1. The van der Waals surface area contributed by atoms with Crippen molar-refractivity contribution in [3.8, 4) is 0 Å². The summed E-state index contributed by atoms with van der Waals surface area (Å²) < 4.78 is 11.6.